The van der Waals surface area contributed by atoms with Crippen LogP contribution in [-0.4, -0.2) is 38.1 Å². The fourth-order valence-electron chi connectivity index (χ4n) is 1.69. The molecule has 2 rings (SSSR count). The van der Waals surface area contributed by atoms with Crippen LogP contribution >= 0.6 is 0 Å². The van der Waals surface area contributed by atoms with Crippen LogP contribution in [0.3, 0.4) is 0 Å². The summed E-state index contributed by atoms with van der Waals surface area (Å²) < 4.78 is 6.91. The van der Waals surface area contributed by atoms with Crippen molar-refractivity contribution in [3.63, 3.8) is 0 Å². The maximum absolute atomic E-state index is 11.8. The molecule has 0 unspecified atom stereocenters. The highest BCUT2D eigenvalue weighted by atomic mass is 16.6. The van der Waals surface area contributed by atoms with Gasteiger partial charge in [-0.25, -0.2) is 15.0 Å². The van der Waals surface area contributed by atoms with E-state index >= 15 is 0 Å². The molecule has 1 N–H and O–H groups in total. The van der Waals surface area contributed by atoms with Crippen LogP contribution < -0.4 is 5.32 Å². The van der Waals surface area contributed by atoms with Gasteiger partial charge in [0.2, 0.25) is 0 Å². The molecule has 0 radical (unpaired) electrons. The first kappa shape index (κ1) is 13.3. The van der Waals surface area contributed by atoms with Crippen molar-refractivity contribution < 1.29 is 9.53 Å². The molecule has 0 aliphatic heterocycles. The maximum Gasteiger partial charge on any atom is 0.326 e. The van der Waals surface area contributed by atoms with E-state index in [1.807, 2.05) is 20.8 Å². The minimum atomic E-state index is -0.501. The monoisotopic (exact) mass is 263 g/mol. The van der Waals surface area contributed by atoms with E-state index in [-0.39, 0.29) is 12.5 Å². The van der Waals surface area contributed by atoms with E-state index in [1.54, 1.807) is 17.9 Å². The molecule has 19 heavy (non-hydrogen) atoms. The van der Waals surface area contributed by atoms with Crippen molar-refractivity contribution in [2.45, 2.75) is 32.9 Å². The number of nitrogens with zero attached hydrogens (tertiary/aromatic N) is 4. The lowest BCUT2D eigenvalue weighted by molar-refractivity contribution is -0.155. The van der Waals surface area contributed by atoms with Crippen LogP contribution in [0.25, 0.3) is 11.2 Å². The molecule has 0 spiro atoms. The van der Waals surface area contributed by atoms with Crippen LogP contribution in [0.5, 0.6) is 0 Å². The normalized spacial score (nSPS) is 11.6. The Kier molecular flexibility index (Phi) is 3.37. The number of nitrogens with one attached hydrogen (secondary N) is 1. The van der Waals surface area contributed by atoms with Crippen LogP contribution in [0.1, 0.15) is 20.8 Å². The number of hydrogen-bond donors (Lipinski definition) is 1. The molecule has 2 heterocycles. The van der Waals surface area contributed by atoms with Crippen molar-refractivity contribution in [1.82, 2.24) is 19.5 Å². The number of hydrogen-bond acceptors (Lipinski definition) is 6. The van der Waals surface area contributed by atoms with Crippen molar-refractivity contribution in [2.24, 2.45) is 0 Å². The molecule has 7 nitrogen and oxygen atoms in total. The zero-order chi connectivity index (χ0) is 14.0. The molecule has 0 atom stereocenters. The van der Waals surface area contributed by atoms with E-state index in [2.05, 4.69) is 20.3 Å². The fraction of sp³-hybridized carbons (Fsp3) is 0.500. The molecule has 7 heteroatoms. The summed E-state index contributed by atoms with van der Waals surface area (Å²) in [6.45, 7) is 5.57. The third-order valence-electron chi connectivity index (χ3n) is 2.36. The van der Waals surface area contributed by atoms with Crippen LogP contribution in [0, 0.1) is 0 Å². The standard InChI is InChI=1S/C12H17N5O2/c1-12(2,3)19-8(18)5-17-7-16-9-10(13-4)14-6-15-11(9)17/h6-7H,5H2,1-4H3,(H,13,14,15). The van der Waals surface area contributed by atoms with Gasteiger partial charge in [-0.15, -0.1) is 0 Å². The third-order valence-corrected chi connectivity index (χ3v) is 2.36. The van der Waals surface area contributed by atoms with Gasteiger partial charge in [-0.05, 0) is 20.8 Å². The number of aromatic nitrogens is 4. The van der Waals surface area contributed by atoms with E-state index in [0.717, 1.165) is 0 Å². The lowest BCUT2D eigenvalue weighted by Gasteiger charge is -2.19. The third kappa shape index (κ3) is 2.98. The first-order valence-corrected chi connectivity index (χ1v) is 5.96. The number of carbonyl (C=O) groups is 1. The first-order chi connectivity index (χ1) is 8.90. The molecule has 0 saturated carbocycles. The van der Waals surface area contributed by atoms with Gasteiger partial charge >= 0.3 is 5.97 Å². The van der Waals surface area contributed by atoms with Gasteiger partial charge in [-0.3, -0.25) is 4.79 Å². The van der Waals surface area contributed by atoms with Crippen molar-refractivity contribution >= 4 is 23.0 Å². The number of fused-ring (bicyclic) bond motifs is 1. The topological polar surface area (TPSA) is 81.9 Å². The molecule has 0 aliphatic rings. The Morgan fingerprint density at radius 1 is 1.37 bits per heavy atom. The van der Waals surface area contributed by atoms with E-state index in [1.165, 1.54) is 6.33 Å². The predicted octanol–water partition coefficient (Wildman–Crippen LogP) is 1.21. The molecular weight excluding hydrogens is 246 g/mol. The quantitative estimate of drug-likeness (QED) is 0.838. The summed E-state index contributed by atoms with van der Waals surface area (Å²) in [5, 5.41) is 2.93. The highest BCUT2D eigenvalue weighted by Crippen LogP contribution is 2.17. The fourth-order valence-corrected chi connectivity index (χ4v) is 1.69. The minimum absolute atomic E-state index is 0.0773. The highest BCUT2D eigenvalue weighted by molar-refractivity contribution is 5.83. The Bertz CT molecular complexity index is 600. The predicted molar refractivity (Wildman–Crippen MR) is 70.7 cm³/mol. The van der Waals surface area contributed by atoms with E-state index in [9.17, 15) is 4.79 Å². The van der Waals surface area contributed by atoms with Crippen molar-refractivity contribution in [3.8, 4) is 0 Å². The van der Waals surface area contributed by atoms with Crippen LogP contribution in [0.4, 0.5) is 5.82 Å². The molecule has 102 valence electrons. The Morgan fingerprint density at radius 2 is 2.11 bits per heavy atom. The van der Waals surface area contributed by atoms with E-state index in [0.29, 0.717) is 17.0 Å². The second-order valence-electron chi connectivity index (χ2n) is 5.10. The number of rotatable bonds is 3. The van der Waals surface area contributed by atoms with Gasteiger partial charge < -0.3 is 14.6 Å². The number of carbonyl (C=O) groups excluding carboxylic acids is 1. The summed E-state index contributed by atoms with van der Waals surface area (Å²) >= 11 is 0. The minimum Gasteiger partial charge on any atom is -0.459 e. The van der Waals surface area contributed by atoms with Crippen molar-refractivity contribution in [3.05, 3.63) is 12.7 Å². The summed E-state index contributed by atoms with van der Waals surface area (Å²) in [5.41, 5.74) is 0.734. The van der Waals surface area contributed by atoms with Gasteiger partial charge in [-0.2, -0.15) is 0 Å². The van der Waals surface area contributed by atoms with Crippen LogP contribution in [0.2, 0.25) is 0 Å². The summed E-state index contributed by atoms with van der Waals surface area (Å²) in [4.78, 5) is 24.2. The molecule has 0 saturated heterocycles. The molecule has 0 fully saturated rings. The lowest BCUT2D eigenvalue weighted by atomic mass is 10.2. The largest absolute Gasteiger partial charge is 0.459 e. The van der Waals surface area contributed by atoms with Crippen molar-refractivity contribution in [1.29, 1.82) is 0 Å². The zero-order valence-electron chi connectivity index (χ0n) is 11.5. The Balaban J connectivity index is 2.25. The Hall–Kier alpha value is -2.18. The zero-order valence-corrected chi connectivity index (χ0v) is 11.5. The smallest absolute Gasteiger partial charge is 0.326 e. The van der Waals surface area contributed by atoms with Crippen LogP contribution in [0.15, 0.2) is 12.7 Å². The molecule has 0 aromatic carbocycles. The van der Waals surface area contributed by atoms with Gasteiger partial charge in [0, 0.05) is 7.05 Å². The van der Waals surface area contributed by atoms with E-state index < -0.39 is 5.60 Å². The summed E-state index contributed by atoms with van der Waals surface area (Å²) in [6, 6.07) is 0. The maximum atomic E-state index is 11.8. The van der Waals surface area contributed by atoms with Crippen LogP contribution in [-0.2, 0) is 16.1 Å². The molecule has 2 aromatic rings. The summed E-state index contributed by atoms with van der Waals surface area (Å²) in [6.07, 6.45) is 2.99. The molecular formula is C12H17N5O2. The van der Waals surface area contributed by atoms with Gasteiger partial charge in [0.25, 0.3) is 0 Å². The van der Waals surface area contributed by atoms with Gasteiger partial charge in [0.15, 0.2) is 11.5 Å². The van der Waals surface area contributed by atoms with Gasteiger partial charge in [0.05, 0.1) is 6.33 Å². The number of anilines is 1. The molecule has 2 aromatic heterocycles. The number of ether oxygens (including phenoxy) is 1. The van der Waals surface area contributed by atoms with Crippen molar-refractivity contribution in [2.75, 3.05) is 12.4 Å². The Labute approximate surface area is 111 Å². The second kappa shape index (κ2) is 4.83. The van der Waals surface area contributed by atoms with E-state index in [4.69, 9.17) is 4.74 Å². The highest BCUT2D eigenvalue weighted by Gasteiger charge is 2.18. The average molecular weight is 263 g/mol. The molecule has 0 amide bonds. The molecule has 0 bridgehead atoms. The average Bonchev–Trinajstić information content (AvgIpc) is 2.70. The number of esters is 1. The molecule has 0 aliphatic carbocycles. The Morgan fingerprint density at radius 3 is 2.74 bits per heavy atom. The SMILES string of the molecule is CNc1ncnc2c1ncn2CC(=O)OC(C)(C)C. The number of imidazole rings is 1. The van der Waals surface area contributed by atoms with Gasteiger partial charge in [-0.1, -0.05) is 0 Å². The summed E-state index contributed by atoms with van der Waals surface area (Å²) in [7, 11) is 1.76. The second-order valence-corrected chi connectivity index (χ2v) is 5.10. The summed E-state index contributed by atoms with van der Waals surface area (Å²) in [5.74, 6) is 0.310. The van der Waals surface area contributed by atoms with Gasteiger partial charge in [0.1, 0.15) is 24.0 Å². The first-order valence-electron chi connectivity index (χ1n) is 5.96. The lowest BCUT2D eigenvalue weighted by Crippen LogP contribution is -2.26.